The van der Waals surface area contributed by atoms with Crippen molar-refractivity contribution in [1.82, 2.24) is 0 Å². The van der Waals surface area contributed by atoms with Crippen LogP contribution >= 0.6 is 31.9 Å². The maximum atomic E-state index is 13.0. The van der Waals surface area contributed by atoms with Gasteiger partial charge in [0.25, 0.3) is 0 Å². The van der Waals surface area contributed by atoms with Crippen molar-refractivity contribution in [3.63, 3.8) is 0 Å². The zero-order valence-corrected chi connectivity index (χ0v) is 20.0. The van der Waals surface area contributed by atoms with Crippen molar-refractivity contribution in [2.75, 3.05) is 22.5 Å². The molecule has 0 spiro atoms. The monoisotopic (exact) mass is 554 g/mol. The van der Waals surface area contributed by atoms with Crippen LogP contribution in [0, 0.1) is 5.92 Å². The molecule has 158 valence electrons. The lowest BCUT2D eigenvalue weighted by Crippen LogP contribution is -2.30. The largest absolute Gasteiger partial charge is 0.326 e. The molecule has 1 N–H and O–H groups in total. The summed E-state index contributed by atoms with van der Waals surface area (Å²) in [6.07, 6.45) is 2.36. The topological polar surface area (TPSA) is 83.6 Å². The molecule has 2 aromatic rings. The van der Waals surface area contributed by atoms with Crippen LogP contribution in [0.4, 0.5) is 11.4 Å². The highest BCUT2D eigenvalue weighted by atomic mass is 79.9. The number of nitrogens with one attached hydrogen (secondary N) is 1. The highest BCUT2D eigenvalue weighted by molar-refractivity contribution is 9.10. The molecule has 0 unspecified atom stereocenters. The van der Waals surface area contributed by atoms with Crippen LogP contribution in [-0.4, -0.2) is 32.5 Å². The molecule has 2 aromatic carbocycles. The molecular weight excluding hydrogens is 536 g/mol. The minimum atomic E-state index is -3.71. The summed E-state index contributed by atoms with van der Waals surface area (Å²) in [5.41, 5.74) is 2.24. The maximum absolute atomic E-state index is 13.0. The number of fused-ring (bicyclic) bond motifs is 1. The lowest BCUT2D eigenvalue weighted by atomic mass is 10.2. The number of hydrogen-bond donors (Lipinski definition) is 1. The van der Waals surface area contributed by atoms with Crippen LogP contribution < -0.4 is 10.2 Å². The van der Waals surface area contributed by atoms with E-state index in [1.807, 2.05) is 0 Å². The summed E-state index contributed by atoms with van der Waals surface area (Å²) in [4.78, 5) is 26.6. The molecule has 0 atom stereocenters. The summed E-state index contributed by atoms with van der Waals surface area (Å²) in [5, 5.41) is 2.70. The number of nitrogens with zero attached hydrogens (tertiary/aromatic N) is 1. The Balaban J connectivity index is 1.48. The molecule has 1 aliphatic carbocycles. The van der Waals surface area contributed by atoms with Crippen molar-refractivity contribution < 1.29 is 18.0 Å². The fourth-order valence-corrected chi connectivity index (χ4v) is 6.22. The van der Waals surface area contributed by atoms with Crippen LogP contribution in [0.5, 0.6) is 0 Å². The first-order valence-electron chi connectivity index (χ1n) is 9.66. The van der Waals surface area contributed by atoms with Crippen LogP contribution in [-0.2, 0) is 25.8 Å². The van der Waals surface area contributed by atoms with Crippen molar-refractivity contribution in [1.29, 1.82) is 0 Å². The van der Waals surface area contributed by atoms with E-state index in [2.05, 4.69) is 37.2 Å². The van der Waals surface area contributed by atoms with Crippen molar-refractivity contribution in [3.8, 4) is 0 Å². The summed E-state index contributed by atoms with van der Waals surface area (Å²) < 4.78 is 27.3. The van der Waals surface area contributed by atoms with E-state index < -0.39 is 9.84 Å². The van der Waals surface area contributed by atoms with Gasteiger partial charge in [0.1, 0.15) is 0 Å². The number of hydrogen-bond acceptors (Lipinski definition) is 4. The summed E-state index contributed by atoms with van der Waals surface area (Å²) >= 11 is 6.69. The fraction of sp³-hybridized carbons (Fsp3) is 0.333. The Kier molecular flexibility index (Phi) is 6.05. The molecule has 1 fully saturated rings. The molecule has 0 saturated heterocycles. The number of benzene rings is 2. The first-order valence-corrected chi connectivity index (χ1v) is 12.9. The van der Waals surface area contributed by atoms with Gasteiger partial charge in [0.15, 0.2) is 9.84 Å². The van der Waals surface area contributed by atoms with E-state index in [1.165, 1.54) is 0 Å². The first kappa shape index (κ1) is 21.5. The number of rotatable bonds is 6. The quantitative estimate of drug-likeness (QED) is 0.575. The van der Waals surface area contributed by atoms with Crippen LogP contribution in [0.3, 0.4) is 0 Å². The first-order chi connectivity index (χ1) is 14.2. The van der Waals surface area contributed by atoms with Crippen LogP contribution in [0.25, 0.3) is 0 Å². The van der Waals surface area contributed by atoms with E-state index in [1.54, 1.807) is 41.3 Å². The lowest BCUT2D eigenvalue weighted by molar-refractivity contribution is -0.119. The van der Waals surface area contributed by atoms with E-state index >= 15 is 0 Å². The van der Waals surface area contributed by atoms with Gasteiger partial charge < -0.3 is 10.2 Å². The molecule has 0 aromatic heterocycles. The zero-order valence-electron chi connectivity index (χ0n) is 16.0. The van der Waals surface area contributed by atoms with Crippen LogP contribution in [0.1, 0.15) is 24.8 Å². The van der Waals surface area contributed by atoms with Crippen molar-refractivity contribution in [2.45, 2.75) is 30.6 Å². The number of halogens is 2. The van der Waals surface area contributed by atoms with Gasteiger partial charge in [-0.15, -0.1) is 0 Å². The molecule has 2 amide bonds. The third-order valence-corrected chi connectivity index (χ3v) is 8.48. The fourth-order valence-electron chi connectivity index (χ4n) is 3.50. The minimum absolute atomic E-state index is 0.0713. The number of sulfone groups is 1. The highest BCUT2D eigenvalue weighted by Crippen LogP contribution is 2.39. The van der Waals surface area contributed by atoms with Crippen molar-refractivity contribution in [2.24, 2.45) is 5.92 Å². The van der Waals surface area contributed by atoms with Gasteiger partial charge in [-0.05, 0) is 77.2 Å². The third kappa shape index (κ3) is 4.63. The minimum Gasteiger partial charge on any atom is -0.326 e. The van der Waals surface area contributed by atoms with E-state index in [0.29, 0.717) is 28.8 Å². The average molecular weight is 556 g/mol. The van der Waals surface area contributed by atoms with Gasteiger partial charge in [-0.3, -0.25) is 9.59 Å². The van der Waals surface area contributed by atoms with Crippen LogP contribution in [0.15, 0.2) is 50.2 Å². The molecule has 0 bridgehead atoms. The Morgan fingerprint density at radius 2 is 1.80 bits per heavy atom. The summed E-state index contributed by atoms with van der Waals surface area (Å²) in [5.74, 6) is -0.539. The van der Waals surface area contributed by atoms with Gasteiger partial charge in [0.2, 0.25) is 11.8 Å². The molecule has 30 heavy (non-hydrogen) atoms. The van der Waals surface area contributed by atoms with Gasteiger partial charge in [-0.2, -0.15) is 0 Å². The molecule has 6 nitrogen and oxygen atoms in total. The second kappa shape index (κ2) is 8.43. The SMILES string of the molecule is O=C(CCS(=O)(=O)c1cc2c(cc1Br)CCN2C(=O)C1CC1)Nc1ccc(Br)cc1. The Bertz CT molecular complexity index is 1110. The zero-order chi connectivity index (χ0) is 21.5. The van der Waals surface area contributed by atoms with E-state index in [4.69, 9.17) is 0 Å². The van der Waals surface area contributed by atoms with Gasteiger partial charge in [-0.25, -0.2) is 8.42 Å². The number of amides is 2. The Hall–Kier alpha value is -1.71. The summed E-state index contributed by atoms with van der Waals surface area (Å²) in [6, 6.07) is 10.4. The molecule has 0 radical (unpaired) electrons. The van der Waals surface area contributed by atoms with Crippen LogP contribution in [0.2, 0.25) is 0 Å². The van der Waals surface area contributed by atoms with Gasteiger partial charge in [0.05, 0.1) is 10.6 Å². The lowest BCUT2D eigenvalue weighted by Gasteiger charge is -2.18. The van der Waals surface area contributed by atoms with Crippen molar-refractivity contribution in [3.05, 3.63) is 50.9 Å². The van der Waals surface area contributed by atoms with Crippen molar-refractivity contribution >= 4 is 64.9 Å². The average Bonchev–Trinajstić information content (AvgIpc) is 3.47. The third-order valence-electron chi connectivity index (χ3n) is 5.28. The molecule has 1 aliphatic heterocycles. The maximum Gasteiger partial charge on any atom is 0.230 e. The number of carbonyl (C=O) groups is 2. The van der Waals surface area contributed by atoms with Gasteiger partial charge in [-0.1, -0.05) is 15.9 Å². The number of anilines is 2. The summed E-state index contributed by atoms with van der Waals surface area (Å²) in [7, 11) is -3.71. The normalized spacial score (nSPS) is 15.7. The van der Waals surface area contributed by atoms with Gasteiger partial charge in [0, 0.05) is 39.2 Å². The second-order valence-corrected chi connectivity index (χ2v) is 11.4. The van der Waals surface area contributed by atoms with E-state index in [-0.39, 0.29) is 34.8 Å². The highest BCUT2D eigenvalue weighted by Gasteiger charge is 2.37. The van der Waals surface area contributed by atoms with E-state index in [9.17, 15) is 18.0 Å². The Labute approximate surface area is 192 Å². The number of carbonyl (C=O) groups excluding carboxylic acids is 2. The molecule has 1 saturated carbocycles. The molecular formula is C21H20Br2N2O4S. The predicted molar refractivity (Wildman–Crippen MR) is 122 cm³/mol. The smallest absolute Gasteiger partial charge is 0.230 e. The molecule has 9 heteroatoms. The molecule has 1 heterocycles. The molecule has 4 rings (SSSR count). The standard InChI is InChI=1S/C21H20Br2N2O4S/c22-15-3-5-16(6-4-15)24-20(26)8-10-30(28,29)19-12-18-14(11-17(19)23)7-9-25(18)21(27)13-1-2-13/h3-6,11-13H,1-2,7-10H2,(H,24,26). The predicted octanol–water partition coefficient (Wildman–Crippen LogP) is 4.31. The Morgan fingerprint density at radius 1 is 1.10 bits per heavy atom. The van der Waals surface area contributed by atoms with E-state index in [0.717, 1.165) is 22.9 Å². The summed E-state index contributed by atoms with van der Waals surface area (Å²) in [6.45, 7) is 0.580. The van der Waals surface area contributed by atoms with Gasteiger partial charge >= 0.3 is 0 Å². The Morgan fingerprint density at radius 3 is 2.47 bits per heavy atom. The second-order valence-electron chi connectivity index (χ2n) is 7.55. The molecule has 2 aliphatic rings.